The van der Waals surface area contributed by atoms with Crippen LogP contribution in [0, 0.1) is 0 Å². The Morgan fingerprint density at radius 1 is 0.296 bits per heavy atom. The van der Waals surface area contributed by atoms with Crippen molar-refractivity contribution >= 4 is 54.4 Å². The van der Waals surface area contributed by atoms with E-state index in [0.717, 1.165) is 50.1 Å². The average Bonchev–Trinajstić information content (AvgIpc) is 3.76. The molecule has 0 radical (unpaired) electrons. The van der Waals surface area contributed by atoms with Crippen LogP contribution in [0.1, 0.15) is 0 Å². The lowest BCUT2D eigenvalue weighted by atomic mass is 10.0. The van der Waals surface area contributed by atoms with Gasteiger partial charge in [0.1, 0.15) is 0 Å². The van der Waals surface area contributed by atoms with Gasteiger partial charge in [-0.3, -0.25) is 4.57 Å². The highest BCUT2D eigenvalue weighted by Crippen LogP contribution is 2.39. The van der Waals surface area contributed by atoms with Crippen LogP contribution in [0.5, 0.6) is 0 Å². The predicted octanol–water partition coefficient (Wildman–Crippen LogP) is 12.8. The highest BCUT2D eigenvalue weighted by atomic mass is 15.2. The highest BCUT2D eigenvalue weighted by Gasteiger charge is 2.19. The van der Waals surface area contributed by atoms with Crippen molar-refractivity contribution in [2.75, 3.05) is 0 Å². The van der Waals surface area contributed by atoms with E-state index < -0.39 is 0 Å². The summed E-state index contributed by atoms with van der Waals surface area (Å²) in [4.78, 5) is 10.5. The Kier molecular flexibility index (Phi) is 6.82. The summed E-state index contributed by atoms with van der Waals surface area (Å²) in [7, 11) is 0. The number of nitrogens with zero attached hydrogens (tertiary/aromatic N) is 4. The maximum Gasteiger partial charge on any atom is 0.235 e. The summed E-state index contributed by atoms with van der Waals surface area (Å²) in [6, 6.07) is 69.1. The molecule has 0 unspecified atom stereocenters. The van der Waals surface area contributed by atoms with E-state index in [0.29, 0.717) is 5.95 Å². The van der Waals surface area contributed by atoms with E-state index >= 15 is 0 Å². The van der Waals surface area contributed by atoms with Gasteiger partial charge in [-0.15, -0.1) is 0 Å². The normalized spacial score (nSPS) is 11.7. The van der Waals surface area contributed by atoms with Crippen molar-refractivity contribution in [1.82, 2.24) is 19.1 Å². The Bertz CT molecular complexity index is 3150. The second-order valence-electron chi connectivity index (χ2n) is 13.8. The van der Waals surface area contributed by atoms with E-state index in [1.165, 1.54) is 43.7 Å². The van der Waals surface area contributed by atoms with Crippen LogP contribution < -0.4 is 0 Å². The monoisotopic (exact) mass is 688 g/mol. The first-order valence-electron chi connectivity index (χ1n) is 18.3. The Morgan fingerprint density at radius 3 is 1.54 bits per heavy atom. The van der Waals surface area contributed by atoms with E-state index in [4.69, 9.17) is 9.97 Å². The van der Waals surface area contributed by atoms with Gasteiger partial charge in [-0.05, 0) is 59.0 Å². The summed E-state index contributed by atoms with van der Waals surface area (Å²) in [6.45, 7) is 0. The van der Waals surface area contributed by atoms with Crippen molar-refractivity contribution in [2.45, 2.75) is 0 Å². The number of hydrogen-bond acceptors (Lipinski definition) is 2. The van der Waals surface area contributed by atoms with E-state index in [1.807, 2.05) is 12.1 Å². The first-order valence-corrected chi connectivity index (χ1v) is 18.3. The smallest absolute Gasteiger partial charge is 0.235 e. The maximum absolute atomic E-state index is 5.25. The molecule has 0 aliphatic heterocycles. The fourth-order valence-corrected chi connectivity index (χ4v) is 8.23. The number of fused-ring (bicyclic) bond motifs is 7. The van der Waals surface area contributed by atoms with Crippen molar-refractivity contribution < 1.29 is 0 Å². The Hall–Kier alpha value is -7.30. The van der Waals surface area contributed by atoms with Gasteiger partial charge in [0.15, 0.2) is 0 Å². The minimum atomic E-state index is 0.646. The van der Waals surface area contributed by atoms with Crippen molar-refractivity contribution in [3.8, 4) is 45.3 Å². The van der Waals surface area contributed by atoms with Gasteiger partial charge in [-0.1, -0.05) is 152 Å². The van der Waals surface area contributed by atoms with Crippen LogP contribution in [0.25, 0.3) is 99.7 Å². The standard InChI is InChI=1S/C50H32N4/c1-3-15-34(16-4-1)43-32-44(35-17-5-2-6-18-35)52-50(51-43)54-47-24-12-9-21-39(47)41-28-26-37(31-49(41)54)36-27-29-48-42(30-36)40-22-10-11-23-46(40)53(48)45-25-13-19-33-14-7-8-20-38(33)45/h1-32H. The Balaban J connectivity index is 1.13. The fraction of sp³-hybridized carbons (Fsp3) is 0. The quantitative estimate of drug-likeness (QED) is 0.180. The molecule has 0 aliphatic rings. The number of hydrogen-bond donors (Lipinski definition) is 0. The average molecular weight is 689 g/mol. The molecule has 0 bridgehead atoms. The summed E-state index contributed by atoms with van der Waals surface area (Å²) in [6.07, 6.45) is 0. The molecule has 11 rings (SSSR count). The van der Waals surface area contributed by atoms with Gasteiger partial charge in [-0.2, -0.15) is 0 Å². The van der Waals surface area contributed by atoms with Crippen LogP contribution in [0.3, 0.4) is 0 Å². The predicted molar refractivity (Wildman–Crippen MR) is 225 cm³/mol. The first kappa shape index (κ1) is 30.3. The lowest BCUT2D eigenvalue weighted by molar-refractivity contribution is 0.996. The molecule has 0 N–H and O–H groups in total. The molecule has 11 aromatic rings. The highest BCUT2D eigenvalue weighted by molar-refractivity contribution is 6.13. The number of para-hydroxylation sites is 2. The third-order valence-corrected chi connectivity index (χ3v) is 10.7. The minimum Gasteiger partial charge on any atom is -0.309 e. The molecule has 0 atom stereocenters. The topological polar surface area (TPSA) is 35.6 Å². The third kappa shape index (κ3) is 4.78. The van der Waals surface area contributed by atoms with E-state index in [1.54, 1.807) is 0 Å². The van der Waals surface area contributed by atoms with Crippen molar-refractivity contribution in [3.63, 3.8) is 0 Å². The molecular weight excluding hydrogens is 657 g/mol. The Morgan fingerprint density at radius 2 is 0.815 bits per heavy atom. The second-order valence-corrected chi connectivity index (χ2v) is 13.8. The van der Waals surface area contributed by atoms with Gasteiger partial charge in [-0.25, -0.2) is 9.97 Å². The first-order chi connectivity index (χ1) is 26.8. The third-order valence-electron chi connectivity index (χ3n) is 10.7. The fourth-order valence-electron chi connectivity index (χ4n) is 8.23. The van der Waals surface area contributed by atoms with Crippen molar-refractivity contribution in [1.29, 1.82) is 0 Å². The zero-order valence-electron chi connectivity index (χ0n) is 29.3. The van der Waals surface area contributed by atoms with Crippen LogP contribution in [0.15, 0.2) is 194 Å². The molecule has 54 heavy (non-hydrogen) atoms. The molecule has 252 valence electrons. The molecule has 3 aromatic heterocycles. The molecule has 0 aliphatic carbocycles. The molecule has 0 amide bonds. The maximum atomic E-state index is 5.25. The lowest BCUT2D eigenvalue weighted by Crippen LogP contribution is -2.04. The van der Waals surface area contributed by atoms with Gasteiger partial charge >= 0.3 is 0 Å². The van der Waals surface area contributed by atoms with Crippen LogP contribution in [-0.2, 0) is 0 Å². The molecule has 8 aromatic carbocycles. The summed E-state index contributed by atoms with van der Waals surface area (Å²) in [5.74, 6) is 0.646. The van der Waals surface area contributed by atoms with Gasteiger partial charge in [0.05, 0.1) is 39.1 Å². The molecule has 0 fully saturated rings. The van der Waals surface area contributed by atoms with Gasteiger partial charge in [0.25, 0.3) is 0 Å². The molecule has 0 saturated heterocycles. The number of rotatable bonds is 5. The zero-order valence-corrected chi connectivity index (χ0v) is 29.3. The SMILES string of the molecule is c1ccc(-c2cc(-c3ccccc3)nc(-n3c4ccccc4c4ccc(-c5ccc6c(c5)c5ccccc5n6-c5cccc6ccccc56)cc43)n2)cc1. The van der Waals surface area contributed by atoms with E-state index in [-0.39, 0.29) is 0 Å². The number of aromatic nitrogens is 4. The summed E-state index contributed by atoms with van der Waals surface area (Å²) in [5, 5.41) is 7.26. The van der Waals surface area contributed by atoms with Crippen LogP contribution in [0.4, 0.5) is 0 Å². The molecule has 0 saturated carbocycles. The molecular formula is C50H32N4. The van der Waals surface area contributed by atoms with Gasteiger partial charge in [0, 0.05) is 38.1 Å². The van der Waals surface area contributed by atoms with Gasteiger partial charge in [0.2, 0.25) is 5.95 Å². The molecule has 3 heterocycles. The number of benzene rings is 8. The summed E-state index contributed by atoms with van der Waals surface area (Å²) in [5.41, 5.74) is 11.9. The summed E-state index contributed by atoms with van der Waals surface area (Å²) >= 11 is 0. The Labute approximate surface area is 311 Å². The van der Waals surface area contributed by atoms with E-state index in [2.05, 4.69) is 191 Å². The second kappa shape index (κ2) is 12.1. The molecule has 0 spiro atoms. The van der Waals surface area contributed by atoms with Crippen LogP contribution in [-0.4, -0.2) is 19.1 Å². The minimum absolute atomic E-state index is 0.646. The zero-order chi connectivity index (χ0) is 35.6. The lowest BCUT2D eigenvalue weighted by Gasteiger charge is -2.12. The largest absolute Gasteiger partial charge is 0.309 e. The molecule has 4 heteroatoms. The van der Waals surface area contributed by atoms with Crippen molar-refractivity contribution in [2.24, 2.45) is 0 Å². The summed E-state index contributed by atoms with van der Waals surface area (Å²) < 4.78 is 4.65. The van der Waals surface area contributed by atoms with Crippen molar-refractivity contribution in [3.05, 3.63) is 194 Å². The van der Waals surface area contributed by atoms with E-state index in [9.17, 15) is 0 Å². The molecule has 4 nitrogen and oxygen atoms in total. The van der Waals surface area contributed by atoms with Crippen LogP contribution >= 0.6 is 0 Å². The van der Waals surface area contributed by atoms with Gasteiger partial charge < -0.3 is 4.57 Å². The van der Waals surface area contributed by atoms with Crippen LogP contribution in [0.2, 0.25) is 0 Å².